The molecule has 1 rings (SSSR count). The van der Waals surface area contributed by atoms with Crippen molar-refractivity contribution in [2.45, 2.75) is 18.9 Å². The Morgan fingerprint density at radius 3 is 2.44 bits per heavy atom. The van der Waals surface area contributed by atoms with Gasteiger partial charge in [0.2, 0.25) is 0 Å². The summed E-state index contributed by atoms with van der Waals surface area (Å²) in [6.07, 6.45) is 2.02. The number of aliphatic hydroxyl groups is 2. The van der Waals surface area contributed by atoms with E-state index in [9.17, 15) is 0 Å². The highest BCUT2D eigenvalue weighted by Gasteiger charge is 2.27. The van der Waals surface area contributed by atoms with Crippen LogP contribution < -0.4 is 5.32 Å². The Labute approximate surface area is 54.7 Å². The molecule has 0 amide bonds. The molecule has 0 atom stereocenters. The second-order valence-corrected chi connectivity index (χ2v) is 2.58. The summed E-state index contributed by atoms with van der Waals surface area (Å²) in [5, 5.41) is 19.9. The van der Waals surface area contributed by atoms with Gasteiger partial charge in [-0.2, -0.15) is 0 Å². The molecule has 3 heteroatoms. The van der Waals surface area contributed by atoms with Gasteiger partial charge in [0.25, 0.3) is 0 Å². The Bertz CT molecular complexity index is 81.1. The van der Waals surface area contributed by atoms with Gasteiger partial charge >= 0.3 is 0 Å². The number of aliphatic hydroxyl groups excluding tert-OH is 2. The van der Waals surface area contributed by atoms with E-state index in [1.165, 1.54) is 0 Å². The van der Waals surface area contributed by atoms with E-state index in [4.69, 9.17) is 10.2 Å². The highest BCUT2D eigenvalue weighted by molar-refractivity contribution is 4.83. The topological polar surface area (TPSA) is 52.5 Å². The Morgan fingerprint density at radius 2 is 2.00 bits per heavy atom. The lowest BCUT2D eigenvalue weighted by molar-refractivity contribution is 0.107. The van der Waals surface area contributed by atoms with Crippen molar-refractivity contribution in [3.8, 4) is 0 Å². The molecule has 0 aromatic rings. The maximum absolute atomic E-state index is 8.58. The van der Waals surface area contributed by atoms with Crippen molar-refractivity contribution in [3.63, 3.8) is 0 Å². The minimum atomic E-state index is 0.0583. The predicted molar refractivity (Wildman–Crippen MR) is 33.8 cm³/mol. The summed E-state index contributed by atoms with van der Waals surface area (Å²) in [4.78, 5) is 0. The maximum atomic E-state index is 8.58. The highest BCUT2D eigenvalue weighted by Crippen LogP contribution is 2.25. The van der Waals surface area contributed by atoms with E-state index in [0.29, 0.717) is 18.6 Å². The summed E-state index contributed by atoms with van der Waals surface area (Å²) in [7, 11) is 0. The third-order valence-corrected chi connectivity index (χ3v) is 1.87. The molecule has 0 bridgehead atoms. The fourth-order valence-corrected chi connectivity index (χ4v) is 1.18. The van der Waals surface area contributed by atoms with Gasteiger partial charge in [-0.15, -0.1) is 0 Å². The molecule has 1 aliphatic carbocycles. The summed E-state index contributed by atoms with van der Waals surface area (Å²) in [6.45, 7) is 0.354. The van der Waals surface area contributed by atoms with Gasteiger partial charge < -0.3 is 10.2 Å². The van der Waals surface area contributed by atoms with Gasteiger partial charge in [-0.3, -0.25) is 5.32 Å². The molecular weight excluding hydrogens is 118 g/mol. The Morgan fingerprint density at radius 1 is 1.33 bits per heavy atom. The van der Waals surface area contributed by atoms with Crippen molar-refractivity contribution in [1.29, 1.82) is 0 Å². The SMILES string of the molecule is OCNC1CC(CO)C1. The molecule has 1 saturated carbocycles. The predicted octanol–water partition coefficient (Wildman–Crippen LogP) is -0.703. The normalized spacial score (nSPS) is 34.0. The van der Waals surface area contributed by atoms with Crippen LogP contribution in [0.3, 0.4) is 0 Å². The van der Waals surface area contributed by atoms with Crippen molar-refractivity contribution >= 4 is 0 Å². The Hall–Kier alpha value is -0.120. The fraction of sp³-hybridized carbons (Fsp3) is 1.00. The molecule has 0 saturated heterocycles. The van der Waals surface area contributed by atoms with Crippen LogP contribution in [-0.2, 0) is 0 Å². The van der Waals surface area contributed by atoms with Crippen LogP contribution in [0, 0.1) is 5.92 Å². The lowest BCUT2D eigenvalue weighted by atomic mass is 9.81. The van der Waals surface area contributed by atoms with Gasteiger partial charge in [-0.25, -0.2) is 0 Å². The summed E-state index contributed by atoms with van der Waals surface area (Å²) in [6, 6.07) is 0.451. The molecule has 0 spiro atoms. The summed E-state index contributed by atoms with van der Waals surface area (Å²) in [5.74, 6) is 0.481. The number of nitrogens with one attached hydrogen (secondary N) is 1. The first-order valence-corrected chi connectivity index (χ1v) is 3.32. The number of hydrogen-bond acceptors (Lipinski definition) is 3. The largest absolute Gasteiger partial charge is 0.396 e. The lowest BCUT2D eigenvalue weighted by Gasteiger charge is -2.34. The minimum Gasteiger partial charge on any atom is -0.396 e. The monoisotopic (exact) mass is 131 g/mol. The van der Waals surface area contributed by atoms with Crippen LogP contribution in [0.1, 0.15) is 12.8 Å². The second-order valence-electron chi connectivity index (χ2n) is 2.58. The molecule has 0 aliphatic heterocycles. The van der Waals surface area contributed by atoms with Crippen LogP contribution in [0.4, 0.5) is 0 Å². The third kappa shape index (κ3) is 1.64. The van der Waals surface area contributed by atoms with E-state index in [1.54, 1.807) is 0 Å². The van der Waals surface area contributed by atoms with E-state index in [-0.39, 0.29) is 6.73 Å². The van der Waals surface area contributed by atoms with Gasteiger partial charge in [0.1, 0.15) is 0 Å². The van der Waals surface area contributed by atoms with Crippen molar-refractivity contribution in [3.05, 3.63) is 0 Å². The second kappa shape index (κ2) is 3.15. The molecule has 9 heavy (non-hydrogen) atoms. The zero-order chi connectivity index (χ0) is 6.69. The van der Waals surface area contributed by atoms with Gasteiger partial charge in [0.05, 0.1) is 6.73 Å². The van der Waals surface area contributed by atoms with Gasteiger partial charge in [-0.05, 0) is 18.8 Å². The quantitative estimate of drug-likeness (QED) is 0.444. The van der Waals surface area contributed by atoms with Crippen molar-refractivity contribution in [1.82, 2.24) is 5.32 Å². The lowest BCUT2D eigenvalue weighted by Crippen LogP contribution is -2.42. The molecule has 0 heterocycles. The first-order chi connectivity index (χ1) is 4.36. The smallest absolute Gasteiger partial charge is 0.0933 e. The highest BCUT2D eigenvalue weighted by atomic mass is 16.3. The van der Waals surface area contributed by atoms with Crippen molar-refractivity contribution in [2.24, 2.45) is 5.92 Å². The summed E-state index contributed by atoms with van der Waals surface area (Å²) in [5.41, 5.74) is 0. The zero-order valence-corrected chi connectivity index (χ0v) is 5.38. The molecule has 0 unspecified atom stereocenters. The van der Waals surface area contributed by atoms with Crippen LogP contribution in [0.25, 0.3) is 0 Å². The Kier molecular flexibility index (Phi) is 2.45. The van der Waals surface area contributed by atoms with E-state index >= 15 is 0 Å². The fourth-order valence-electron chi connectivity index (χ4n) is 1.18. The van der Waals surface area contributed by atoms with Gasteiger partial charge in [-0.1, -0.05) is 0 Å². The molecule has 0 aromatic carbocycles. The third-order valence-electron chi connectivity index (χ3n) is 1.87. The molecule has 54 valence electrons. The molecule has 0 aromatic heterocycles. The summed E-state index contributed by atoms with van der Waals surface area (Å²) < 4.78 is 0. The van der Waals surface area contributed by atoms with Crippen molar-refractivity contribution < 1.29 is 10.2 Å². The van der Waals surface area contributed by atoms with E-state index in [0.717, 1.165) is 12.8 Å². The molecule has 3 nitrogen and oxygen atoms in total. The van der Waals surface area contributed by atoms with Gasteiger partial charge in [0, 0.05) is 12.6 Å². The number of hydrogen-bond donors (Lipinski definition) is 3. The molecule has 1 fully saturated rings. The van der Waals surface area contributed by atoms with Crippen LogP contribution in [0.2, 0.25) is 0 Å². The van der Waals surface area contributed by atoms with E-state index in [2.05, 4.69) is 5.32 Å². The first kappa shape index (κ1) is 6.99. The van der Waals surface area contributed by atoms with Crippen LogP contribution in [-0.4, -0.2) is 29.6 Å². The van der Waals surface area contributed by atoms with Crippen molar-refractivity contribution in [2.75, 3.05) is 13.3 Å². The minimum absolute atomic E-state index is 0.0583. The zero-order valence-electron chi connectivity index (χ0n) is 5.38. The molecule has 1 aliphatic rings. The average molecular weight is 131 g/mol. The van der Waals surface area contributed by atoms with E-state index < -0.39 is 0 Å². The van der Waals surface area contributed by atoms with E-state index in [1.807, 2.05) is 0 Å². The maximum Gasteiger partial charge on any atom is 0.0933 e. The summed E-state index contributed by atoms with van der Waals surface area (Å²) >= 11 is 0. The Balaban J connectivity index is 1.98. The molecule has 3 N–H and O–H groups in total. The van der Waals surface area contributed by atoms with Crippen LogP contribution >= 0.6 is 0 Å². The molecule has 0 radical (unpaired) electrons. The first-order valence-electron chi connectivity index (χ1n) is 3.32. The van der Waals surface area contributed by atoms with Crippen LogP contribution in [0.5, 0.6) is 0 Å². The average Bonchev–Trinajstić information content (AvgIpc) is 1.77. The molecular formula is C6H13NO2. The number of rotatable bonds is 3. The standard InChI is InChI=1S/C6H13NO2/c8-3-5-1-6(2-5)7-4-9/h5-9H,1-4H2. The van der Waals surface area contributed by atoms with Gasteiger partial charge in [0.15, 0.2) is 0 Å². The van der Waals surface area contributed by atoms with Crippen LogP contribution in [0.15, 0.2) is 0 Å².